The molecule has 0 saturated heterocycles. The maximum absolute atomic E-state index is 13.5. The molecular weight excluding hydrogens is 286 g/mol. The van der Waals surface area contributed by atoms with Crippen molar-refractivity contribution < 1.29 is 18.9 Å². The fourth-order valence-electron chi connectivity index (χ4n) is 2.24. The summed E-state index contributed by atoms with van der Waals surface area (Å²) in [5.74, 6) is -2.00. The maximum atomic E-state index is 13.5. The van der Waals surface area contributed by atoms with Crippen LogP contribution in [0.1, 0.15) is 25.5 Å². The van der Waals surface area contributed by atoms with E-state index in [2.05, 4.69) is 5.32 Å². The van der Waals surface area contributed by atoms with Gasteiger partial charge in [-0.15, -0.1) is 0 Å². The molecule has 0 bridgehead atoms. The molecule has 2 rings (SSSR count). The number of carbonyl (C=O) groups excluding carboxylic acids is 1. The van der Waals surface area contributed by atoms with E-state index in [-0.39, 0.29) is 6.04 Å². The third kappa shape index (κ3) is 3.89. The zero-order valence-electron chi connectivity index (χ0n) is 12.5. The van der Waals surface area contributed by atoms with E-state index in [0.29, 0.717) is 0 Å². The van der Waals surface area contributed by atoms with Crippen LogP contribution in [0.25, 0.3) is 0 Å². The monoisotopic (exact) mass is 305 g/mol. The van der Waals surface area contributed by atoms with E-state index in [0.717, 1.165) is 17.7 Å². The van der Waals surface area contributed by atoms with E-state index in [1.54, 1.807) is 6.92 Å². The van der Waals surface area contributed by atoms with Crippen LogP contribution in [0.2, 0.25) is 0 Å². The summed E-state index contributed by atoms with van der Waals surface area (Å²) < 4.78 is 27.1. The number of hydrogen-bond donors (Lipinski definition) is 2. The number of quaternary nitrogens is 1. The summed E-state index contributed by atoms with van der Waals surface area (Å²) in [6.07, 6.45) is 0. The molecule has 0 saturated carbocycles. The molecule has 5 heteroatoms. The highest BCUT2D eigenvalue weighted by Crippen LogP contribution is 2.18. The first kappa shape index (κ1) is 16.1. The Balaban J connectivity index is 2.01. The Hall–Kier alpha value is -2.27. The highest BCUT2D eigenvalue weighted by atomic mass is 19.1. The Morgan fingerprint density at radius 1 is 1.00 bits per heavy atom. The Morgan fingerprint density at radius 3 is 2.18 bits per heavy atom. The summed E-state index contributed by atoms with van der Waals surface area (Å²) in [4.78, 5) is 12.1. The van der Waals surface area contributed by atoms with Crippen molar-refractivity contribution in [1.29, 1.82) is 0 Å². The molecule has 2 atom stereocenters. The van der Waals surface area contributed by atoms with Crippen molar-refractivity contribution in [3.05, 3.63) is 65.7 Å². The standard InChI is InChI=1S/C17H18F2N2O/c1-11(13-7-4-3-5-8-13)20-12(2)17(22)21-16-14(18)9-6-10-15(16)19/h3-12,20H,1-2H3,(H,21,22)/p+1/t11-,12-/m0/s1. The van der Waals surface area contributed by atoms with E-state index >= 15 is 0 Å². The maximum Gasteiger partial charge on any atom is 0.282 e. The summed E-state index contributed by atoms with van der Waals surface area (Å²) >= 11 is 0. The average molecular weight is 305 g/mol. The Kier molecular flexibility index (Phi) is 5.22. The largest absolute Gasteiger partial charge is 0.330 e. The number of nitrogens with one attached hydrogen (secondary N) is 1. The van der Waals surface area contributed by atoms with Crippen LogP contribution in [0.5, 0.6) is 0 Å². The summed E-state index contributed by atoms with van der Waals surface area (Å²) in [6, 6.07) is 12.8. The summed E-state index contributed by atoms with van der Waals surface area (Å²) in [5.41, 5.74) is 0.680. The second-order valence-corrected chi connectivity index (χ2v) is 5.27. The van der Waals surface area contributed by atoms with Gasteiger partial charge in [0.1, 0.15) is 23.4 Å². The van der Waals surface area contributed by atoms with Crippen LogP contribution in [0, 0.1) is 11.6 Å². The molecule has 3 N–H and O–H groups in total. The van der Waals surface area contributed by atoms with Gasteiger partial charge in [-0.3, -0.25) is 4.79 Å². The first-order chi connectivity index (χ1) is 10.5. The lowest BCUT2D eigenvalue weighted by atomic mass is 10.1. The first-order valence-electron chi connectivity index (χ1n) is 7.14. The van der Waals surface area contributed by atoms with Crippen molar-refractivity contribution in [1.82, 2.24) is 0 Å². The van der Waals surface area contributed by atoms with Crippen molar-refractivity contribution in [3.63, 3.8) is 0 Å². The van der Waals surface area contributed by atoms with Crippen molar-refractivity contribution in [2.45, 2.75) is 25.9 Å². The summed E-state index contributed by atoms with van der Waals surface area (Å²) in [7, 11) is 0. The van der Waals surface area contributed by atoms with Crippen LogP contribution in [0.15, 0.2) is 48.5 Å². The number of anilines is 1. The number of benzene rings is 2. The van der Waals surface area contributed by atoms with E-state index in [1.165, 1.54) is 6.07 Å². The van der Waals surface area contributed by atoms with Crippen LogP contribution < -0.4 is 10.6 Å². The molecule has 0 unspecified atom stereocenters. The second kappa shape index (κ2) is 7.13. The number of nitrogens with two attached hydrogens (primary N) is 1. The lowest BCUT2D eigenvalue weighted by Crippen LogP contribution is -2.91. The minimum absolute atomic E-state index is 0.0624. The zero-order chi connectivity index (χ0) is 16.1. The van der Waals surface area contributed by atoms with Gasteiger partial charge >= 0.3 is 0 Å². The molecule has 3 nitrogen and oxygen atoms in total. The van der Waals surface area contributed by atoms with Crippen LogP contribution in [0.3, 0.4) is 0 Å². The van der Waals surface area contributed by atoms with E-state index < -0.39 is 29.3 Å². The molecule has 2 aromatic carbocycles. The van der Waals surface area contributed by atoms with Gasteiger partial charge in [0.15, 0.2) is 6.04 Å². The summed E-state index contributed by atoms with van der Waals surface area (Å²) in [6.45, 7) is 3.68. The lowest BCUT2D eigenvalue weighted by molar-refractivity contribution is -0.709. The zero-order valence-corrected chi connectivity index (χ0v) is 12.5. The van der Waals surface area contributed by atoms with Crippen LogP contribution >= 0.6 is 0 Å². The SMILES string of the molecule is C[C@H]([NH2+][C@@H](C)c1ccccc1)C(=O)Nc1c(F)cccc1F. The molecule has 0 spiro atoms. The van der Waals surface area contributed by atoms with Gasteiger partial charge in [-0.25, -0.2) is 8.78 Å². The Morgan fingerprint density at radius 2 is 1.59 bits per heavy atom. The number of rotatable bonds is 5. The molecule has 0 aliphatic heterocycles. The van der Waals surface area contributed by atoms with Gasteiger partial charge in [0.2, 0.25) is 0 Å². The van der Waals surface area contributed by atoms with Crippen LogP contribution in [-0.2, 0) is 4.79 Å². The summed E-state index contributed by atoms with van der Waals surface area (Å²) in [5, 5.41) is 4.17. The molecule has 116 valence electrons. The molecule has 0 radical (unpaired) electrons. The predicted octanol–water partition coefficient (Wildman–Crippen LogP) is 2.62. The number of hydrogen-bond acceptors (Lipinski definition) is 1. The molecule has 22 heavy (non-hydrogen) atoms. The fraction of sp³-hybridized carbons (Fsp3) is 0.235. The number of amides is 1. The van der Waals surface area contributed by atoms with Gasteiger partial charge < -0.3 is 10.6 Å². The van der Waals surface area contributed by atoms with Gasteiger partial charge in [0.25, 0.3) is 5.91 Å². The normalized spacial score (nSPS) is 13.5. The van der Waals surface area contributed by atoms with E-state index in [9.17, 15) is 13.6 Å². The fourth-order valence-corrected chi connectivity index (χ4v) is 2.24. The third-order valence-corrected chi connectivity index (χ3v) is 3.53. The predicted molar refractivity (Wildman–Crippen MR) is 81.2 cm³/mol. The van der Waals surface area contributed by atoms with Gasteiger partial charge in [-0.1, -0.05) is 36.4 Å². The minimum atomic E-state index is -0.781. The first-order valence-corrected chi connectivity index (χ1v) is 7.14. The third-order valence-electron chi connectivity index (χ3n) is 3.53. The van der Waals surface area contributed by atoms with Gasteiger partial charge in [-0.2, -0.15) is 0 Å². The molecule has 0 heterocycles. The Bertz CT molecular complexity index is 626. The van der Waals surface area contributed by atoms with Crippen molar-refractivity contribution in [2.24, 2.45) is 0 Å². The molecule has 0 aromatic heterocycles. The van der Waals surface area contributed by atoms with Crippen LogP contribution in [-0.4, -0.2) is 11.9 Å². The van der Waals surface area contributed by atoms with Gasteiger partial charge in [0, 0.05) is 5.56 Å². The van der Waals surface area contributed by atoms with Gasteiger partial charge in [0.05, 0.1) is 0 Å². The minimum Gasteiger partial charge on any atom is -0.330 e. The quantitative estimate of drug-likeness (QED) is 0.876. The average Bonchev–Trinajstić information content (AvgIpc) is 2.51. The second-order valence-electron chi connectivity index (χ2n) is 5.27. The molecular formula is C17H19F2N2O+. The molecule has 0 aliphatic rings. The van der Waals surface area contributed by atoms with Gasteiger partial charge in [-0.05, 0) is 26.0 Å². The number of carbonyl (C=O) groups is 1. The molecule has 0 fully saturated rings. The molecule has 2 aromatic rings. The number of para-hydroxylation sites is 1. The highest BCUT2D eigenvalue weighted by Gasteiger charge is 2.22. The van der Waals surface area contributed by atoms with E-state index in [1.807, 2.05) is 42.6 Å². The highest BCUT2D eigenvalue weighted by molar-refractivity contribution is 5.93. The van der Waals surface area contributed by atoms with E-state index in [4.69, 9.17) is 0 Å². The van der Waals surface area contributed by atoms with Crippen LogP contribution in [0.4, 0.5) is 14.5 Å². The molecule has 0 aliphatic carbocycles. The Labute approximate surface area is 128 Å². The smallest absolute Gasteiger partial charge is 0.282 e. The van der Waals surface area contributed by atoms with Crippen molar-refractivity contribution in [3.8, 4) is 0 Å². The molecule has 1 amide bonds. The van der Waals surface area contributed by atoms with Crippen molar-refractivity contribution in [2.75, 3.05) is 5.32 Å². The van der Waals surface area contributed by atoms with Crippen molar-refractivity contribution >= 4 is 11.6 Å². The number of halogens is 2. The topological polar surface area (TPSA) is 45.7 Å². The lowest BCUT2D eigenvalue weighted by Gasteiger charge is -2.17.